The molecular weight excluding hydrogens is 354 g/mol. The molecule has 0 saturated carbocycles. The van der Waals surface area contributed by atoms with Crippen LogP contribution in [-0.2, 0) is 16.0 Å². The molecule has 0 aliphatic rings. The molecule has 0 heterocycles. The predicted octanol–water partition coefficient (Wildman–Crippen LogP) is 2.62. The van der Waals surface area contributed by atoms with Gasteiger partial charge in [-0.05, 0) is 34.5 Å². The van der Waals surface area contributed by atoms with Gasteiger partial charge in [0.1, 0.15) is 6.04 Å². The maximum absolute atomic E-state index is 12.6. The highest BCUT2D eigenvalue weighted by Crippen LogP contribution is 2.17. The minimum Gasteiger partial charge on any atom is -0.368 e. The zero-order chi connectivity index (χ0) is 20.1. The van der Waals surface area contributed by atoms with Gasteiger partial charge in [-0.3, -0.25) is 14.4 Å². The third-order valence-electron chi connectivity index (χ3n) is 4.35. The van der Waals surface area contributed by atoms with Crippen molar-refractivity contribution in [3.05, 3.63) is 77.9 Å². The average molecular weight is 375 g/mol. The van der Waals surface area contributed by atoms with Gasteiger partial charge in [-0.2, -0.15) is 0 Å². The molecule has 6 heteroatoms. The van der Waals surface area contributed by atoms with Crippen LogP contribution in [0, 0.1) is 0 Å². The van der Waals surface area contributed by atoms with Crippen molar-refractivity contribution >= 4 is 34.2 Å². The van der Waals surface area contributed by atoms with Crippen molar-refractivity contribution < 1.29 is 14.4 Å². The Morgan fingerprint density at radius 2 is 1.68 bits per heavy atom. The first kappa shape index (κ1) is 19.1. The lowest BCUT2D eigenvalue weighted by atomic mass is 10.0. The minimum atomic E-state index is -0.849. The SMILES string of the molecule is CC(=O)Nc1cccc(C(=O)N[C@H](Cc2ccc3ccccc3c2)C(N)=O)c1. The fraction of sp³-hybridized carbons (Fsp3) is 0.136. The zero-order valence-corrected chi connectivity index (χ0v) is 15.4. The molecule has 0 aromatic heterocycles. The molecule has 3 aromatic rings. The zero-order valence-electron chi connectivity index (χ0n) is 15.4. The van der Waals surface area contributed by atoms with Gasteiger partial charge in [0.2, 0.25) is 11.8 Å². The topological polar surface area (TPSA) is 101 Å². The molecular formula is C22H21N3O3. The second-order valence-corrected chi connectivity index (χ2v) is 6.58. The Morgan fingerprint density at radius 1 is 0.929 bits per heavy atom. The maximum Gasteiger partial charge on any atom is 0.252 e. The molecule has 3 amide bonds. The van der Waals surface area contributed by atoms with E-state index in [2.05, 4.69) is 10.6 Å². The molecule has 0 spiro atoms. The van der Waals surface area contributed by atoms with Gasteiger partial charge in [0.25, 0.3) is 5.91 Å². The standard InChI is InChI=1S/C22H21N3O3/c1-14(26)24-19-8-4-7-18(13-19)22(28)25-20(21(23)27)12-15-9-10-16-5-2-3-6-17(16)11-15/h2-11,13,20H,12H2,1H3,(H2,23,27)(H,24,26)(H,25,28)/t20-/m1/s1. The first-order chi connectivity index (χ1) is 13.4. The Morgan fingerprint density at radius 3 is 2.39 bits per heavy atom. The van der Waals surface area contributed by atoms with E-state index in [9.17, 15) is 14.4 Å². The van der Waals surface area contributed by atoms with Gasteiger partial charge in [0.15, 0.2) is 0 Å². The number of hydrogen-bond acceptors (Lipinski definition) is 3. The third-order valence-corrected chi connectivity index (χ3v) is 4.35. The van der Waals surface area contributed by atoms with E-state index in [1.165, 1.54) is 6.92 Å². The van der Waals surface area contributed by atoms with Gasteiger partial charge in [-0.1, -0.05) is 48.5 Å². The number of amides is 3. The van der Waals surface area contributed by atoms with E-state index in [-0.39, 0.29) is 12.3 Å². The molecule has 0 radical (unpaired) electrons. The number of carbonyl (C=O) groups is 3. The summed E-state index contributed by atoms with van der Waals surface area (Å²) in [6, 6.07) is 19.4. The van der Waals surface area contributed by atoms with Crippen molar-refractivity contribution in [1.29, 1.82) is 0 Å². The molecule has 0 saturated heterocycles. The number of carbonyl (C=O) groups excluding carboxylic acids is 3. The fourth-order valence-corrected chi connectivity index (χ4v) is 3.01. The van der Waals surface area contributed by atoms with Crippen LogP contribution in [0.2, 0.25) is 0 Å². The quantitative estimate of drug-likeness (QED) is 0.617. The number of nitrogens with one attached hydrogen (secondary N) is 2. The first-order valence-corrected chi connectivity index (χ1v) is 8.88. The summed E-state index contributed by atoms with van der Waals surface area (Å²) in [5, 5.41) is 7.46. The van der Waals surface area contributed by atoms with Crippen molar-refractivity contribution in [2.24, 2.45) is 5.73 Å². The minimum absolute atomic E-state index is 0.233. The summed E-state index contributed by atoms with van der Waals surface area (Å²) in [6.07, 6.45) is 0.289. The Hall–Kier alpha value is -3.67. The van der Waals surface area contributed by atoms with Crippen LogP contribution in [-0.4, -0.2) is 23.8 Å². The number of rotatable bonds is 6. The molecule has 3 rings (SSSR count). The Bertz CT molecular complexity index is 1050. The highest BCUT2D eigenvalue weighted by Gasteiger charge is 2.20. The van der Waals surface area contributed by atoms with Gasteiger partial charge < -0.3 is 16.4 Å². The van der Waals surface area contributed by atoms with Crippen molar-refractivity contribution in [1.82, 2.24) is 5.32 Å². The Kier molecular flexibility index (Phi) is 5.69. The van der Waals surface area contributed by atoms with Crippen LogP contribution in [0.5, 0.6) is 0 Å². The lowest BCUT2D eigenvalue weighted by molar-refractivity contribution is -0.119. The van der Waals surface area contributed by atoms with Crippen molar-refractivity contribution in [3.8, 4) is 0 Å². The van der Waals surface area contributed by atoms with E-state index in [0.29, 0.717) is 11.3 Å². The lowest BCUT2D eigenvalue weighted by Crippen LogP contribution is -2.45. The molecule has 3 aromatic carbocycles. The normalized spacial score (nSPS) is 11.6. The van der Waals surface area contributed by atoms with Crippen molar-refractivity contribution in [2.75, 3.05) is 5.32 Å². The molecule has 0 unspecified atom stereocenters. The van der Waals surface area contributed by atoms with Crippen LogP contribution in [0.15, 0.2) is 66.7 Å². The predicted molar refractivity (Wildman–Crippen MR) is 109 cm³/mol. The molecule has 6 nitrogen and oxygen atoms in total. The van der Waals surface area contributed by atoms with E-state index >= 15 is 0 Å². The number of fused-ring (bicyclic) bond motifs is 1. The largest absolute Gasteiger partial charge is 0.368 e. The molecule has 0 aliphatic carbocycles. The molecule has 0 bridgehead atoms. The van der Waals surface area contributed by atoms with Gasteiger partial charge in [0.05, 0.1) is 0 Å². The van der Waals surface area contributed by atoms with Gasteiger partial charge >= 0.3 is 0 Å². The van der Waals surface area contributed by atoms with Gasteiger partial charge in [0, 0.05) is 24.6 Å². The summed E-state index contributed by atoms with van der Waals surface area (Å²) in [7, 11) is 0. The lowest BCUT2D eigenvalue weighted by Gasteiger charge is -2.16. The van der Waals surface area contributed by atoms with E-state index in [1.807, 2.05) is 42.5 Å². The number of nitrogens with two attached hydrogens (primary N) is 1. The van der Waals surface area contributed by atoms with E-state index in [1.54, 1.807) is 24.3 Å². The summed E-state index contributed by atoms with van der Waals surface area (Å²) in [5.41, 5.74) is 7.24. The Balaban J connectivity index is 1.76. The second-order valence-electron chi connectivity index (χ2n) is 6.58. The van der Waals surface area contributed by atoms with Crippen LogP contribution in [0.4, 0.5) is 5.69 Å². The molecule has 142 valence electrons. The summed E-state index contributed by atoms with van der Waals surface area (Å²) in [4.78, 5) is 35.7. The highest BCUT2D eigenvalue weighted by molar-refractivity contribution is 5.99. The number of hydrogen-bond donors (Lipinski definition) is 3. The number of primary amides is 1. The van der Waals surface area contributed by atoms with Crippen LogP contribution in [0.1, 0.15) is 22.8 Å². The summed E-state index contributed by atoms with van der Waals surface area (Å²) in [5.74, 6) is -1.28. The monoisotopic (exact) mass is 375 g/mol. The van der Waals surface area contributed by atoms with Gasteiger partial charge in [-0.15, -0.1) is 0 Å². The second kappa shape index (κ2) is 8.35. The van der Waals surface area contributed by atoms with Crippen molar-refractivity contribution in [2.45, 2.75) is 19.4 Å². The Labute approximate surface area is 162 Å². The highest BCUT2D eigenvalue weighted by atomic mass is 16.2. The van der Waals surface area contributed by atoms with Crippen LogP contribution >= 0.6 is 0 Å². The average Bonchev–Trinajstić information content (AvgIpc) is 2.67. The summed E-state index contributed by atoms with van der Waals surface area (Å²) in [6.45, 7) is 1.39. The van der Waals surface area contributed by atoms with E-state index in [4.69, 9.17) is 5.73 Å². The number of benzene rings is 3. The summed E-state index contributed by atoms with van der Waals surface area (Å²) >= 11 is 0. The molecule has 0 fully saturated rings. The number of anilines is 1. The van der Waals surface area contributed by atoms with Crippen molar-refractivity contribution in [3.63, 3.8) is 0 Å². The molecule has 4 N–H and O–H groups in total. The third kappa shape index (κ3) is 4.73. The van der Waals surface area contributed by atoms with E-state index in [0.717, 1.165) is 16.3 Å². The van der Waals surface area contributed by atoms with E-state index < -0.39 is 17.9 Å². The summed E-state index contributed by atoms with van der Waals surface area (Å²) < 4.78 is 0. The van der Waals surface area contributed by atoms with Crippen LogP contribution in [0.3, 0.4) is 0 Å². The fourth-order valence-electron chi connectivity index (χ4n) is 3.01. The first-order valence-electron chi connectivity index (χ1n) is 8.88. The van der Waals surface area contributed by atoms with Crippen LogP contribution in [0.25, 0.3) is 10.8 Å². The smallest absolute Gasteiger partial charge is 0.252 e. The van der Waals surface area contributed by atoms with Gasteiger partial charge in [-0.25, -0.2) is 0 Å². The molecule has 0 aliphatic heterocycles. The van der Waals surface area contributed by atoms with Crippen LogP contribution < -0.4 is 16.4 Å². The molecule has 1 atom stereocenters. The maximum atomic E-state index is 12.6. The molecule has 28 heavy (non-hydrogen) atoms.